The highest BCUT2D eigenvalue weighted by molar-refractivity contribution is 7.18. The van der Waals surface area contributed by atoms with Crippen LogP contribution in [0.25, 0.3) is 10.2 Å². The smallest absolute Gasteiger partial charge is 0.108 e. The van der Waals surface area contributed by atoms with Gasteiger partial charge >= 0.3 is 0 Å². The summed E-state index contributed by atoms with van der Waals surface area (Å²) >= 11 is 1.81. The number of thiazole rings is 1. The second-order valence-corrected chi connectivity index (χ2v) is 6.36. The van der Waals surface area contributed by atoms with Crippen molar-refractivity contribution in [1.29, 1.82) is 0 Å². The molecule has 0 amide bonds. The average Bonchev–Trinajstić information content (AvgIpc) is 3.02. The van der Waals surface area contributed by atoms with Crippen LogP contribution in [0.5, 0.6) is 0 Å². The third-order valence-electron chi connectivity index (χ3n) is 4.00. The largest absolute Gasteiger partial charge is 0.308 e. The van der Waals surface area contributed by atoms with E-state index in [0.717, 1.165) is 18.0 Å². The van der Waals surface area contributed by atoms with Crippen LogP contribution in [0.15, 0.2) is 24.3 Å². The van der Waals surface area contributed by atoms with Crippen LogP contribution in [0.4, 0.5) is 0 Å². The summed E-state index contributed by atoms with van der Waals surface area (Å²) in [7, 11) is 0. The number of aromatic nitrogens is 1. The Hall–Kier alpha value is -0.930. The first-order chi connectivity index (χ1) is 8.85. The number of fused-ring (bicyclic) bond motifs is 1. The minimum Gasteiger partial charge on any atom is -0.308 e. The molecule has 1 aromatic heterocycles. The zero-order valence-corrected chi connectivity index (χ0v) is 11.7. The monoisotopic (exact) mass is 260 g/mol. The number of hydrogen-bond acceptors (Lipinski definition) is 3. The minimum atomic E-state index is 0.710. The standard InChI is InChI=1S/C15H20N2S/c1-2-11-7-8-12(9-11)16-10-15-17-13-5-3-4-6-14(13)18-15/h3-6,11-12,16H,2,7-10H2,1H3. The number of nitrogens with one attached hydrogen (secondary N) is 1. The molecule has 1 N–H and O–H groups in total. The molecule has 1 saturated carbocycles. The summed E-state index contributed by atoms with van der Waals surface area (Å²) in [6, 6.07) is 9.10. The Morgan fingerprint density at radius 2 is 2.22 bits per heavy atom. The molecule has 1 heterocycles. The van der Waals surface area contributed by atoms with Gasteiger partial charge in [-0.05, 0) is 37.3 Å². The number of nitrogens with zero attached hydrogens (tertiary/aromatic N) is 1. The molecule has 0 saturated heterocycles. The van der Waals surface area contributed by atoms with E-state index in [1.807, 2.05) is 11.3 Å². The molecule has 0 radical (unpaired) electrons. The van der Waals surface area contributed by atoms with E-state index in [0.29, 0.717) is 6.04 Å². The quantitative estimate of drug-likeness (QED) is 0.900. The summed E-state index contributed by atoms with van der Waals surface area (Å²) in [5.41, 5.74) is 1.14. The molecule has 1 fully saturated rings. The Morgan fingerprint density at radius 1 is 1.33 bits per heavy atom. The Morgan fingerprint density at radius 3 is 3.00 bits per heavy atom. The first-order valence-electron chi connectivity index (χ1n) is 6.93. The van der Waals surface area contributed by atoms with Crippen LogP contribution in [-0.4, -0.2) is 11.0 Å². The van der Waals surface area contributed by atoms with Crippen LogP contribution < -0.4 is 5.32 Å². The fraction of sp³-hybridized carbons (Fsp3) is 0.533. The third-order valence-corrected chi connectivity index (χ3v) is 5.04. The normalized spacial score (nSPS) is 23.8. The molecule has 1 aliphatic rings. The van der Waals surface area contributed by atoms with E-state index in [2.05, 4.69) is 41.5 Å². The summed E-state index contributed by atoms with van der Waals surface area (Å²) in [4.78, 5) is 4.67. The summed E-state index contributed by atoms with van der Waals surface area (Å²) in [5, 5.41) is 4.89. The third kappa shape index (κ3) is 2.57. The Bertz CT molecular complexity index is 487. The lowest BCUT2D eigenvalue weighted by atomic mass is 10.1. The number of rotatable bonds is 4. The van der Waals surface area contributed by atoms with Gasteiger partial charge < -0.3 is 5.32 Å². The van der Waals surface area contributed by atoms with E-state index in [1.54, 1.807) is 0 Å². The van der Waals surface area contributed by atoms with E-state index in [4.69, 9.17) is 0 Å². The first kappa shape index (κ1) is 12.1. The summed E-state index contributed by atoms with van der Waals surface area (Å²) < 4.78 is 1.30. The zero-order chi connectivity index (χ0) is 12.4. The van der Waals surface area contributed by atoms with Crippen molar-refractivity contribution in [2.45, 2.75) is 45.2 Å². The van der Waals surface area contributed by atoms with Gasteiger partial charge in [-0.2, -0.15) is 0 Å². The van der Waals surface area contributed by atoms with Gasteiger partial charge in [0.15, 0.2) is 0 Å². The topological polar surface area (TPSA) is 24.9 Å². The van der Waals surface area contributed by atoms with Gasteiger partial charge in [-0.25, -0.2) is 4.98 Å². The molecule has 2 atom stereocenters. The van der Waals surface area contributed by atoms with Gasteiger partial charge in [-0.15, -0.1) is 11.3 Å². The lowest BCUT2D eigenvalue weighted by Gasteiger charge is -2.11. The van der Waals surface area contributed by atoms with Crippen LogP contribution in [0.1, 0.15) is 37.6 Å². The summed E-state index contributed by atoms with van der Waals surface area (Å²) in [5.74, 6) is 0.942. The molecule has 3 heteroatoms. The maximum atomic E-state index is 4.67. The highest BCUT2D eigenvalue weighted by Gasteiger charge is 2.22. The predicted octanol–water partition coefficient (Wildman–Crippen LogP) is 3.96. The molecule has 0 spiro atoms. The van der Waals surface area contributed by atoms with Gasteiger partial charge in [0.2, 0.25) is 0 Å². The van der Waals surface area contributed by atoms with Crippen molar-refractivity contribution in [2.24, 2.45) is 5.92 Å². The molecule has 1 aromatic carbocycles. The van der Waals surface area contributed by atoms with Crippen molar-refractivity contribution in [3.8, 4) is 0 Å². The van der Waals surface area contributed by atoms with E-state index in [9.17, 15) is 0 Å². The van der Waals surface area contributed by atoms with Crippen LogP contribution in [-0.2, 0) is 6.54 Å². The number of hydrogen-bond donors (Lipinski definition) is 1. The van der Waals surface area contributed by atoms with Gasteiger partial charge in [0.1, 0.15) is 5.01 Å². The van der Waals surface area contributed by atoms with Crippen molar-refractivity contribution >= 4 is 21.6 Å². The molecule has 2 nitrogen and oxygen atoms in total. The molecule has 3 rings (SSSR count). The Balaban J connectivity index is 1.60. The second-order valence-electron chi connectivity index (χ2n) is 5.24. The van der Waals surface area contributed by atoms with E-state index >= 15 is 0 Å². The number of para-hydroxylation sites is 1. The van der Waals surface area contributed by atoms with Crippen molar-refractivity contribution in [3.63, 3.8) is 0 Å². The molecule has 2 unspecified atom stereocenters. The summed E-state index contributed by atoms with van der Waals surface area (Å²) in [6.07, 6.45) is 5.41. The van der Waals surface area contributed by atoms with Gasteiger partial charge in [-0.1, -0.05) is 25.5 Å². The molecular formula is C15H20N2S. The van der Waals surface area contributed by atoms with E-state index in [-0.39, 0.29) is 0 Å². The second kappa shape index (κ2) is 5.37. The first-order valence-corrected chi connectivity index (χ1v) is 7.74. The van der Waals surface area contributed by atoms with Crippen molar-refractivity contribution in [2.75, 3.05) is 0 Å². The van der Waals surface area contributed by atoms with Crippen LogP contribution in [0.3, 0.4) is 0 Å². The number of benzene rings is 1. The molecular weight excluding hydrogens is 240 g/mol. The zero-order valence-electron chi connectivity index (χ0n) is 10.9. The maximum absolute atomic E-state index is 4.67. The van der Waals surface area contributed by atoms with Crippen molar-refractivity contribution in [1.82, 2.24) is 10.3 Å². The molecule has 0 aliphatic heterocycles. The van der Waals surface area contributed by atoms with Crippen LogP contribution in [0, 0.1) is 5.92 Å². The molecule has 18 heavy (non-hydrogen) atoms. The Kier molecular flexibility index (Phi) is 3.62. The van der Waals surface area contributed by atoms with Gasteiger partial charge in [-0.3, -0.25) is 0 Å². The van der Waals surface area contributed by atoms with E-state index < -0.39 is 0 Å². The fourth-order valence-electron chi connectivity index (χ4n) is 2.86. The molecule has 96 valence electrons. The fourth-order valence-corrected chi connectivity index (χ4v) is 3.78. The van der Waals surface area contributed by atoms with Gasteiger partial charge in [0.05, 0.1) is 10.2 Å². The molecule has 0 bridgehead atoms. The maximum Gasteiger partial charge on any atom is 0.108 e. The Labute approximate surface area is 112 Å². The van der Waals surface area contributed by atoms with Crippen molar-refractivity contribution < 1.29 is 0 Å². The summed E-state index contributed by atoms with van der Waals surface area (Å²) in [6.45, 7) is 3.24. The lowest BCUT2D eigenvalue weighted by Crippen LogP contribution is -2.25. The SMILES string of the molecule is CCC1CCC(NCc2nc3ccccc3s2)C1. The molecule has 1 aliphatic carbocycles. The minimum absolute atomic E-state index is 0.710. The predicted molar refractivity (Wildman–Crippen MR) is 77.9 cm³/mol. The highest BCUT2D eigenvalue weighted by Crippen LogP contribution is 2.28. The van der Waals surface area contributed by atoms with Crippen molar-refractivity contribution in [3.05, 3.63) is 29.3 Å². The highest BCUT2D eigenvalue weighted by atomic mass is 32.1. The van der Waals surface area contributed by atoms with E-state index in [1.165, 1.54) is 35.4 Å². The van der Waals surface area contributed by atoms with Crippen LogP contribution in [0.2, 0.25) is 0 Å². The van der Waals surface area contributed by atoms with Gasteiger partial charge in [0, 0.05) is 12.6 Å². The molecule has 2 aromatic rings. The lowest BCUT2D eigenvalue weighted by molar-refractivity contribution is 0.476. The average molecular weight is 260 g/mol. The van der Waals surface area contributed by atoms with Crippen LogP contribution >= 0.6 is 11.3 Å². The van der Waals surface area contributed by atoms with Gasteiger partial charge in [0.25, 0.3) is 0 Å².